The maximum atomic E-state index is 11.1. The van der Waals surface area contributed by atoms with Gasteiger partial charge in [-0.05, 0) is 29.4 Å². The Hall–Kier alpha value is -0.740. The normalized spacial score (nSPS) is 24.1. The summed E-state index contributed by atoms with van der Waals surface area (Å²) in [5.74, 6) is -2.30. The van der Waals surface area contributed by atoms with Crippen LogP contribution in [0.5, 0.6) is 0 Å². The third kappa shape index (κ3) is 1.92. The van der Waals surface area contributed by atoms with E-state index < -0.39 is 24.0 Å². The molecule has 1 aromatic rings. The molecule has 0 fully saturated rings. The molecule has 2 N–H and O–H groups in total. The average molecular weight is 257 g/mol. The minimum atomic E-state index is -3.59. The van der Waals surface area contributed by atoms with Gasteiger partial charge in [-0.1, -0.05) is 24.3 Å². The lowest BCUT2D eigenvalue weighted by molar-refractivity contribution is -0.307. The monoisotopic (exact) mass is 257 g/mol. The highest BCUT2D eigenvalue weighted by atomic mass is 32.5. The molecule has 6 heteroatoms. The second kappa shape index (κ2) is 3.93. The van der Waals surface area contributed by atoms with Gasteiger partial charge in [0.05, 0.1) is 5.66 Å². The van der Waals surface area contributed by atoms with Gasteiger partial charge >= 0.3 is 0 Å². The van der Waals surface area contributed by atoms with Crippen LogP contribution in [0.15, 0.2) is 24.3 Å². The van der Waals surface area contributed by atoms with Crippen LogP contribution in [-0.4, -0.2) is 21.4 Å². The van der Waals surface area contributed by atoms with Crippen molar-refractivity contribution in [3.8, 4) is 0 Å². The number of benzene rings is 1. The molecule has 1 aliphatic rings. The van der Waals surface area contributed by atoms with E-state index in [1.165, 1.54) is 0 Å². The maximum Gasteiger partial charge on any atom is 0.187 e. The van der Waals surface area contributed by atoms with Crippen molar-refractivity contribution in [2.75, 3.05) is 0 Å². The molecule has 2 atom stereocenters. The first-order chi connectivity index (χ1) is 7.41. The Kier molecular flexibility index (Phi) is 2.88. The lowest BCUT2D eigenvalue weighted by Crippen LogP contribution is -2.34. The zero-order valence-electron chi connectivity index (χ0n) is 8.24. The fraction of sp³-hybridized carbons (Fsp3) is 0.300. The minimum Gasteiger partial charge on any atom is -0.549 e. The number of carbonyl (C=O) groups is 1. The molecule has 4 nitrogen and oxygen atoms in total. The third-order valence-electron chi connectivity index (χ3n) is 2.89. The highest BCUT2D eigenvalue weighted by Gasteiger charge is 2.40. The summed E-state index contributed by atoms with van der Waals surface area (Å²) in [5, 5.41) is 11.1. The van der Waals surface area contributed by atoms with E-state index in [-0.39, 0.29) is 0 Å². The molecule has 16 heavy (non-hydrogen) atoms. The summed E-state index contributed by atoms with van der Waals surface area (Å²) in [7, 11) is 0. The summed E-state index contributed by atoms with van der Waals surface area (Å²) in [6, 6.07) is 6.94. The van der Waals surface area contributed by atoms with Crippen molar-refractivity contribution in [1.29, 1.82) is 0 Å². The van der Waals surface area contributed by atoms with Crippen LogP contribution in [0.25, 0.3) is 0 Å². The summed E-state index contributed by atoms with van der Waals surface area (Å²) < 4.78 is 0. The standard InChI is InChI=1S/C10H11O4PS/c11-10(12)9-7-4-2-1-3-6(7)5-8(9)15(13,14)16/h1-4,8-9H,5H2,(H,11,12)(H2,13,14,16)/p-1/t8-,9-/m1/s1. The van der Waals surface area contributed by atoms with E-state index in [0.717, 1.165) is 5.56 Å². The molecule has 2 rings (SSSR count). The second-order valence-corrected chi connectivity index (χ2v) is 7.31. The first-order valence-electron chi connectivity index (χ1n) is 4.75. The topological polar surface area (TPSA) is 80.6 Å². The third-order valence-corrected chi connectivity index (χ3v) is 5.05. The molecule has 0 unspecified atom stereocenters. The van der Waals surface area contributed by atoms with Gasteiger partial charge in [0.2, 0.25) is 0 Å². The molecule has 1 aliphatic carbocycles. The number of aliphatic carboxylic acids is 1. The van der Waals surface area contributed by atoms with E-state index in [1.54, 1.807) is 24.3 Å². The molecular weight excluding hydrogens is 247 g/mol. The van der Waals surface area contributed by atoms with Crippen LogP contribution in [0.1, 0.15) is 17.0 Å². The van der Waals surface area contributed by atoms with E-state index in [0.29, 0.717) is 12.0 Å². The van der Waals surface area contributed by atoms with Gasteiger partial charge in [0.25, 0.3) is 0 Å². The van der Waals surface area contributed by atoms with E-state index in [4.69, 9.17) is 0 Å². The fourth-order valence-electron chi connectivity index (χ4n) is 2.17. The molecule has 0 amide bonds. The van der Waals surface area contributed by atoms with Crippen molar-refractivity contribution in [3.05, 3.63) is 35.4 Å². The summed E-state index contributed by atoms with van der Waals surface area (Å²) in [4.78, 5) is 30.1. The van der Waals surface area contributed by atoms with Crippen molar-refractivity contribution in [2.24, 2.45) is 0 Å². The Morgan fingerprint density at radius 3 is 2.62 bits per heavy atom. The zero-order chi connectivity index (χ0) is 11.9. The summed E-state index contributed by atoms with van der Waals surface area (Å²) in [5.41, 5.74) is 0.564. The number of carbonyl (C=O) groups excluding carboxylic acids is 1. The molecule has 0 heterocycles. The van der Waals surface area contributed by atoms with Crippen LogP contribution < -0.4 is 5.11 Å². The Morgan fingerprint density at radius 2 is 2.06 bits per heavy atom. The van der Waals surface area contributed by atoms with E-state index in [9.17, 15) is 19.7 Å². The van der Waals surface area contributed by atoms with Crippen LogP contribution in [-0.2, 0) is 23.0 Å². The largest absolute Gasteiger partial charge is 0.549 e. The summed E-state index contributed by atoms with van der Waals surface area (Å²) in [6.07, 6.45) is 0.291. The van der Waals surface area contributed by atoms with E-state index in [1.807, 2.05) is 0 Å². The first-order valence-corrected chi connectivity index (χ1v) is 7.53. The van der Waals surface area contributed by atoms with Gasteiger partial charge in [0.15, 0.2) is 6.49 Å². The number of hydrogen-bond acceptors (Lipinski definition) is 3. The van der Waals surface area contributed by atoms with Gasteiger partial charge in [0, 0.05) is 11.9 Å². The van der Waals surface area contributed by atoms with E-state index in [2.05, 4.69) is 11.8 Å². The number of rotatable bonds is 2. The first kappa shape index (κ1) is 11.7. The average Bonchev–Trinajstić information content (AvgIpc) is 2.55. The molecule has 0 bridgehead atoms. The quantitative estimate of drug-likeness (QED) is 0.713. The Bertz CT molecular complexity index is 481. The number of hydrogen-bond donors (Lipinski definition) is 2. The molecular formula is C10H10O4PS-. The van der Waals surface area contributed by atoms with Crippen LogP contribution in [0.3, 0.4) is 0 Å². The Morgan fingerprint density at radius 1 is 1.44 bits per heavy atom. The van der Waals surface area contributed by atoms with Crippen molar-refractivity contribution < 1.29 is 19.7 Å². The molecule has 0 radical (unpaired) electrons. The zero-order valence-corrected chi connectivity index (χ0v) is 9.95. The Balaban J connectivity index is 2.50. The SMILES string of the molecule is O=C([O-])[C@@H]1c2ccccc2C[C@H]1P(O)(O)=S. The second-order valence-electron chi connectivity index (χ2n) is 3.86. The van der Waals surface area contributed by atoms with Gasteiger partial charge < -0.3 is 19.7 Å². The molecule has 0 saturated carbocycles. The smallest absolute Gasteiger partial charge is 0.187 e. The summed E-state index contributed by atoms with van der Waals surface area (Å²) in [6.45, 7) is -3.59. The predicted molar refractivity (Wildman–Crippen MR) is 60.4 cm³/mol. The molecule has 0 spiro atoms. The van der Waals surface area contributed by atoms with Crippen LogP contribution in [0.4, 0.5) is 0 Å². The van der Waals surface area contributed by atoms with Crippen LogP contribution in [0.2, 0.25) is 0 Å². The lowest BCUT2D eigenvalue weighted by atomic mass is 10.0. The number of fused-ring (bicyclic) bond motifs is 1. The number of carboxylic acids is 1. The molecule has 86 valence electrons. The van der Waals surface area contributed by atoms with Gasteiger partial charge in [0.1, 0.15) is 0 Å². The van der Waals surface area contributed by atoms with Gasteiger partial charge in [-0.3, -0.25) is 0 Å². The molecule has 0 aliphatic heterocycles. The van der Waals surface area contributed by atoms with E-state index >= 15 is 0 Å². The lowest BCUT2D eigenvalue weighted by Gasteiger charge is -2.24. The predicted octanol–water partition coefficient (Wildman–Crippen LogP) is -0.261. The Labute approximate surface area is 97.7 Å². The fourth-order valence-corrected chi connectivity index (χ4v) is 3.87. The van der Waals surface area contributed by atoms with Crippen LogP contribution >= 0.6 is 6.49 Å². The molecule has 0 saturated heterocycles. The number of carboxylic acid groups (broad SMARTS) is 1. The summed E-state index contributed by atoms with van der Waals surface area (Å²) >= 11 is 4.62. The van der Waals surface area contributed by atoms with Crippen molar-refractivity contribution >= 4 is 24.3 Å². The van der Waals surface area contributed by atoms with Gasteiger partial charge in [-0.15, -0.1) is 0 Å². The minimum absolute atomic E-state index is 0.291. The van der Waals surface area contributed by atoms with Crippen molar-refractivity contribution in [3.63, 3.8) is 0 Å². The molecule has 0 aromatic heterocycles. The van der Waals surface area contributed by atoms with Crippen LogP contribution in [0, 0.1) is 0 Å². The van der Waals surface area contributed by atoms with Crippen molar-refractivity contribution in [2.45, 2.75) is 18.0 Å². The maximum absolute atomic E-state index is 11.1. The van der Waals surface area contributed by atoms with Gasteiger partial charge in [-0.25, -0.2) is 0 Å². The molecule has 1 aromatic carbocycles. The van der Waals surface area contributed by atoms with Crippen molar-refractivity contribution in [1.82, 2.24) is 0 Å². The highest BCUT2D eigenvalue weighted by Crippen LogP contribution is 2.53. The highest BCUT2D eigenvalue weighted by molar-refractivity contribution is 8.09. The van der Waals surface area contributed by atoms with Gasteiger partial charge in [-0.2, -0.15) is 0 Å².